The molecule has 0 bridgehead atoms. The third-order valence-electron chi connectivity index (χ3n) is 2.62. The SMILES string of the molecule is CCCCCC1NSc2ccccc2N1. The van der Waals surface area contributed by atoms with Crippen molar-refractivity contribution in [3.63, 3.8) is 0 Å². The molecule has 1 aliphatic rings. The summed E-state index contributed by atoms with van der Waals surface area (Å²) in [7, 11) is 0. The van der Waals surface area contributed by atoms with Gasteiger partial charge in [0, 0.05) is 4.90 Å². The molecule has 1 atom stereocenters. The van der Waals surface area contributed by atoms with Crippen LogP contribution in [0.2, 0.25) is 0 Å². The molecule has 1 heterocycles. The van der Waals surface area contributed by atoms with Crippen LogP contribution in [0.5, 0.6) is 0 Å². The highest BCUT2D eigenvalue weighted by Crippen LogP contribution is 2.30. The normalized spacial score (nSPS) is 19.4. The lowest BCUT2D eigenvalue weighted by molar-refractivity contribution is 0.573. The summed E-state index contributed by atoms with van der Waals surface area (Å²) in [6.45, 7) is 2.24. The van der Waals surface area contributed by atoms with Crippen molar-refractivity contribution in [2.75, 3.05) is 5.32 Å². The van der Waals surface area contributed by atoms with E-state index in [1.54, 1.807) is 11.9 Å². The van der Waals surface area contributed by atoms with Crippen molar-refractivity contribution in [1.82, 2.24) is 4.72 Å². The fraction of sp³-hybridized carbons (Fsp3) is 0.500. The summed E-state index contributed by atoms with van der Waals surface area (Å²) < 4.78 is 3.44. The maximum atomic E-state index is 3.52. The maximum Gasteiger partial charge on any atom is 0.0862 e. The second-order valence-corrected chi connectivity index (χ2v) is 4.79. The monoisotopic (exact) mass is 222 g/mol. The van der Waals surface area contributed by atoms with E-state index in [-0.39, 0.29) is 0 Å². The number of fused-ring (bicyclic) bond motifs is 1. The van der Waals surface area contributed by atoms with E-state index in [1.807, 2.05) is 0 Å². The van der Waals surface area contributed by atoms with E-state index in [4.69, 9.17) is 0 Å². The standard InChI is InChI=1S/C12H18N2S/c1-2-3-4-9-12-13-10-7-5-6-8-11(10)15-14-12/h5-8,12-14H,2-4,9H2,1H3. The lowest BCUT2D eigenvalue weighted by Gasteiger charge is -2.27. The van der Waals surface area contributed by atoms with Crippen molar-refractivity contribution in [3.05, 3.63) is 24.3 Å². The number of unbranched alkanes of at least 4 members (excludes halogenated alkanes) is 2. The van der Waals surface area contributed by atoms with E-state index in [1.165, 1.54) is 36.3 Å². The Kier molecular flexibility index (Phi) is 3.92. The van der Waals surface area contributed by atoms with Crippen LogP contribution in [0.3, 0.4) is 0 Å². The molecule has 1 unspecified atom stereocenters. The molecule has 0 saturated heterocycles. The molecule has 82 valence electrons. The summed E-state index contributed by atoms with van der Waals surface area (Å²) in [5.74, 6) is 0. The number of anilines is 1. The highest BCUT2D eigenvalue weighted by molar-refractivity contribution is 7.97. The lowest BCUT2D eigenvalue weighted by atomic mass is 10.1. The summed E-state index contributed by atoms with van der Waals surface area (Å²) in [4.78, 5) is 1.30. The largest absolute Gasteiger partial charge is 0.368 e. The quantitative estimate of drug-likeness (QED) is 0.601. The van der Waals surface area contributed by atoms with Crippen molar-refractivity contribution < 1.29 is 0 Å². The van der Waals surface area contributed by atoms with Gasteiger partial charge in [-0.3, -0.25) is 0 Å². The minimum atomic E-state index is 0.427. The molecular formula is C12H18N2S. The molecule has 0 amide bonds. The predicted molar refractivity (Wildman–Crippen MR) is 67.0 cm³/mol. The third-order valence-corrected chi connectivity index (χ3v) is 3.60. The van der Waals surface area contributed by atoms with Crippen molar-refractivity contribution in [3.8, 4) is 0 Å². The first-order valence-electron chi connectivity index (χ1n) is 5.68. The van der Waals surface area contributed by atoms with Gasteiger partial charge in [0.15, 0.2) is 0 Å². The van der Waals surface area contributed by atoms with Gasteiger partial charge in [-0.15, -0.1) is 0 Å². The Hall–Kier alpha value is -0.670. The van der Waals surface area contributed by atoms with E-state index in [2.05, 4.69) is 41.2 Å². The molecule has 0 aliphatic carbocycles. The van der Waals surface area contributed by atoms with E-state index in [0.29, 0.717) is 6.17 Å². The summed E-state index contributed by atoms with van der Waals surface area (Å²) in [6, 6.07) is 8.45. The highest BCUT2D eigenvalue weighted by atomic mass is 32.2. The molecule has 0 radical (unpaired) electrons. The van der Waals surface area contributed by atoms with E-state index < -0.39 is 0 Å². The Morgan fingerprint density at radius 2 is 2.13 bits per heavy atom. The van der Waals surface area contributed by atoms with Crippen LogP contribution in [0.1, 0.15) is 32.6 Å². The topological polar surface area (TPSA) is 24.1 Å². The van der Waals surface area contributed by atoms with Gasteiger partial charge < -0.3 is 5.32 Å². The fourth-order valence-corrected chi connectivity index (χ4v) is 2.59. The fourth-order valence-electron chi connectivity index (χ4n) is 1.76. The first-order chi connectivity index (χ1) is 7.40. The van der Waals surface area contributed by atoms with Crippen LogP contribution in [-0.2, 0) is 0 Å². The summed E-state index contributed by atoms with van der Waals surface area (Å²) >= 11 is 1.74. The predicted octanol–water partition coefficient (Wildman–Crippen LogP) is 3.62. The van der Waals surface area contributed by atoms with Gasteiger partial charge >= 0.3 is 0 Å². The molecular weight excluding hydrogens is 204 g/mol. The molecule has 2 N–H and O–H groups in total. The van der Waals surface area contributed by atoms with Gasteiger partial charge in [-0.2, -0.15) is 0 Å². The minimum absolute atomic E-state index is 0.427. The van der Waals surface area contributed by atoms with Gasteiger partial charge in [0.05, 0.1) is 11.9 Å². The molecule has 0 fully saturated rings. The van der Waals surface area contributed by atoms with Gasteiger partial charge in [0.2, 0.25) is 0 Å². The Balaban J connectivity index is 1.88. The second kappa shape index (κ2) is 5.42. The van der Waals surface area contributed by atoms with E-state index in [0.717, 1.165) is 0 Å². The number of hydrogen-bond acceptors (Lipinski definition) is 3. The van der Waals surface area contributed by atoms with Crippen molar-refractivity contribution in [2.45, 2.75) is 43.7 Å². The Bertz CT molecular complexity index is 314. The summed E-state index contributed by atoms with van der Waals surface area (Å²) in [6.07, 6.45) is 5.54. The number of hydrogen-bond donors (Lipinski definition) is 2. The Morgan fingerprint density at radius 3 is 3.00 bits per heavy atom. The molecule has 3 heteroatoms. The van der Waals surface area contributed by atoms with E-state index in [9.17, 15) is 0 Å². The molecule has 0 saturated carbocycles. The number of benzene rings is 1. The molecule has 1 aromatic rings. The van der Waals surface area contributed by atoms with Crippen LogP contribution < -0.4 is 10.0 Å². The second-order valence-electron chi connectivity index (χ2n) is 3.91. The zero-order valence-electron chi connectivity index (χ0n) is 9.12. The molecule has 1 aliphatic heterocycles. The molecule has 1 aromatic carbocycles. The van der Waals surface area contributed by atoms with Crippen LogP contribution in [0.4, 0.5) is 5.69 Å². The first-order valence-corrected chi connectivity index (χ1v) is 6.49. The average molecular weight is 222 g/mol. The van der Waals surface area contributed by atoms with Gasteiger partial charge in [-0.1, -0.05) is 38.3 Å². The van der Waals surface area contributed by atoms with Crippen LogP contribution in [0.15, 0.2) is 29.2 Å². The zero-order chi connectivity index (χ0) is 10.5. The number of rotatable bonds is 4. The van der Waals surface area contributed by atoms with Gasteiger partial charge in [0.1, 0.15) is 0 Å². The first kappa shape index (κ1) is 10.8. The Labute approximate surface area is 96.0 Å². The summed E-state index contributed by atoms with van der Waals surface area (Å²) in [5.41, 5.74) is 1.27. The summed E-state index contributed by atoms with van der Waals surface area (Å²) in [5, 5.41) is 3.52. The van der Waals surface area contributed by atoms with Gasteiger partial charge in [-0.25, -0.2) is 4.72 Å². The third kappa shape index (κ3) is 2.89. The van der Waals surface area contributed by atoms with Gasteiger partial charge in [-0.05, 0) is 30.5 Å². The molecule has 0 spiro atoms. The number of nitrogens with one attached hydrogen (secondary N) is 2. The smallest absolute Gasteiger partial charge is 0.0862 e. The molecule has 2 nitrogen and oxygen atoms in total. The van der Waals surface area contributed by atoms with E-state index >= 15 is 0 Å². The highest BCUT2D eigenvalue weighted by Gasteiger charge is 2.15. The maximum absolute atomic E-state index is 3.52. The van der Waals surface area contributed by atoms with Crippen molar-refractivity contribution in [1.29, 1.82) is 0 Å². The van der Waals surface area contributed by atoms with Crippen LogP contribution in [0.25, 0.3) is 0 Å². The number of para-hydroxylation sites is 1. The van der Waals surface area contributed by atoms with Crippen molar-refractivity contribution in [2.24, 2.45) is 0 Å². The minimum Gasteiger partial charge on any atom is -0.368 e. The van der Waals surface area contributed by atoms with Crippen LogP contribution >= 0.6 is 11.9 Å². The van der Waals surface area contributed by atoms with Crippen molar-refractivity contribution >= 4 is 17.6 Å². The molecule has 0 aromatic heterocycles. The van der Waals surface area contributed by atoms with Crippen LogP contribution in [0, 0.1) is 0 Å². The Morgan fingerprint density at radius 1 is 1.27 bits per heavy atom. The molecule has 15 heavy (non-hydrogen) atoms. The zero-order valence-corrected chi connectivity index (χ0v) is 9.94. The molecule has 2 rings (SSSR count). The average Bonchev–Trinajstić information content (AvgIpc) is 2.29. The van der Waals surface area contributed by atoms with Gasteiger partial charge in [0.25, 0.3) is 0 Å². The lowest BCUT2D eigenvalue weighted by Crippen LogP contribution is -2.34. The van der Waals surface area contributed by atoms with Crippen LogP contribution in [-0.4, -0.2) is 6.17 Å².